The third kappa shape index (κ3) is 2.75. The van der Waals surface area contributed by atoms with Gasteiger partial charge < -0.3 is 9.42 Å². The van der Waals surface area contributed by atoms with E-state index in [0.29, 0.717) is 17.4 Å². The Balaban J connectivity index is 1.75. The van der Waals surface area contributed by atoms with Crippen molar-refractivity contribution in [3.8, 4) is 0 Å². The van der Waals surface area contributed by atoms with Gasteiger partial charge in [0.25, 0.3) is 5.91 Å². The van der Waals surface area contributed by atoms with E-state index >= 15 is 0 Å². The van der Waals surface area contributed by atoms with Gasteiger partial charge in [-0.15, -0.1) is 0 Å². The van der Waals surface area contributed by atoms with Crippen LogP contribution in [0.4, 0.5) is 0 Å². The number of aryl methyl sites for hydroxylation is 1. The van der Waals surface area contributed by atoms with E-state index < -0.39 is 0 Å². The maximum atomic E-state index is 13.6. The highest BCUT2D eigenvalue weighted by Crippen LogP contribution is 2.40. The number of carbonyl (C=O) groups excluding carboxylic acids is 1. The van der Waals surface area contributed by atoms with Crippen molar-refractivity contribution < 1.29 is 9.32 Å². The average molecular weight is 353 g/mol. The molecule has 0 saturated carbocycles. The fourth-order valence-corrected chi connectivity index (χ4v) is 4.35. The van der Waals surface area contributed by atoms with Gasteiger partial charge in [-0.25, -0.2) is 0 Å². The Morgan fingerprint density at radius 2 is 1.96 bits per heavy atom. The SMILES string of the molecule is Cc1onc(C(C)(C)C)c1C(=O)N1CC2CCCN2C1c1ccccc1. The first-order valence-corrected chi connectivity index (χ1v) is 9.46. The summed E-state index contributed by atoms with van der Waals surface area (Å²) in [5.41, 5.74) is 2.33. The second-order valence-corrected chi connectivity index (χ2v) is 8.49. The molecule has 26 heavy (non-hydrogen) atoms. The third-order valence-electron chi connectivity index (χ3n) is 5.59. The van der Waals surface area contributed by atoms with Gasteiger partial charge in [0.15, 0.2) is 0 Å². The van der Waals surface area contributed by atoms with Gasteiger partial charge in [0, 0.05) is 24.5 Å². The Morgan fingerprint density at radius 3 is 2.65 bits per heavy atom. The second-order valence-electron chi connectivity index (χ2n) is 8.49. The minimum Gasteiger partial charge on any atom is -0.361 e. The van der Waals surface area contributed by atoms with Crippen molar-refractivity contribution in [1.29, 1.82) is 0 Å². The smallest absolute Gasteiger partial charge is 0.260 e. The number of aromatic nitrogens is 1. The van der Waals surface area contributed by atoms with Gasteiger partial charge in [-0.1, -0.05) is 56.3 Å². The van der Waals surface area contributed by atoms with Crippen LogP contribution in [-0.4, -0.2) is 40.0 Å². The zero-order chi connectivity index (χ0) is 18.5. The third-order valence-corrected chi connectivity index (χ3v) is 5.59. The molecule has 2 aliphatic rings. The van der Waals surface area contributed by atoms with E-state index in [1.54, 1.807) is 0 Å². The van der Waals surface area contributed by atoms with Crippen molar-refractivity contribution in [1.82, 2.24) is 15.0 Å². The normalized spacial score (nSPS) is 23.5. The van der Waals surface area contributed by atoms with Gasteiger partial charge in [-0.05, 0) is 25.3 Å². The molecule has 2 aromatic rings. The van der Waals surface area contributed by atoms with E-state index in [1.165, 1.54) is 12.0 Å². The maximum absolute atomic E-state index is 13.6. The minimum absolute atomic E-state index is 0.00156. The number of nitrogens with zero attached hydrogens (tertiary/aromatic N) is 3. The predicted octanol–water partition coefficient (Wildman–Crippen LogP) is 3.90. The second kappa shape index (κ2) is 6.23. The first-order valence-electron chi connectivity index (χ1n) is 9.46. The Bertz CT molecular complexity index is 806. The summed E-state index contributed by atoms with van der Waals surface area (Å²) in [6.45, 7) is 9.85. The van der Waals surface area contributed by atoms with Crippen LogP contribution in [0.2, 0.25) is 0 Å². The van der Waals surface area contributed by atoms with E-state index in [9.17, 15) is 4.79 Å². The van der Waals surface area contributed by atoms with Crippen molar-refractivity contribution in [2.75, 3.05) is 13.1 Å². The van der Waals surface area contributed by atoms with Gasteiger partial charge in [0.1, 0.15) is 23.2 Å². The first-order chi connectivity index (χ1) is 12.4. The van der Waals surface area contributed by atoms with Crippen LogP contribution in [0.5, 0.6) is 0 Å². The molecule has 0 spiro atoms. The number of carbonyl (C=O) groups is 1. The first kappa shape index (κ1) is 17.3. The van der Waals surface area contributed by atoms with Crippen LogP contribution in [0.15, 0.2) is 34.9 Å². The number of rotatable bonds is 2. The molecule has 2 fully saturated rings. The van der Waals surface area contributed by atoms with Gasteiger partial charge in [-0.2, -0.15) is 0 Å². The van der Waals surface area contributed by atoms with E-state index in [4.69, 9.17) is 4.52 Å². The van der Waals surface area contributed by atoms with Gasteiger partial charge >= 0.3 is 0 Å². The van der Waals surface area contributed by atoms with Gasteiger partial charge in [-0.3, -0.25) is 9.69 Å². The van der Waals surface area contributed by atoms with Crippen LogP contribution < -0.4 is 0 Å². The lowest BCUT2D eigenvalue weighted by atomic mass is 9.88. The monoisotopic (exact) mass is 353 g/mol. The van der Waals surface area contributed by atoms with E-state index in [1.807, 2.05) is 30.0 Å². The highest BCUT2D eigenvalue weighted by molar-refractivity contribution is 5.97. The summed E-state index contributed by atoms with van der Waals surface area (Å²) in [5.74, 6) is 0.649. The zero-order valence-corrected chi connectivity index (χ0v) is 16.0. The number of benzene rings is 1. The maximum Gasteiger partial charge on any atom is 0.260 e. The molecule has 0 aliphatic carbocycles. The molecule has 0 radical (unpaired) electrons. The fourth-order valence-electron chi connectivity index (χ4n) is 4.35. The molecule has 1 amide bonds. The summed E-state index contributed by atoms with van der Waals surface area (Å²) >= 11 is 0. The predicted molar refractivity (Wildman–Crippen MR) is 99.9 cm³/mol. The summed E-state index contributed by atoms with van der Waals surface area (Å²) in [7, 11) is 0. The molecule has 138 valence electrons. The summed E-state index contributed by atoms with van der Waals surface area (Å²) in [6.07, 6.45) is 2.36. The number of hydrogen-bond acceptors (Lipinski definition) is 4. The molecule has 3 heterocycles. The highest BCUT2D eigenvalue weighted by Gasteiger charge is 2.46. The van der Waals surface area contributed by atoms with Crippen molar-refractivity contribution in [3.63, 3.8) is 0 Å². The van der Waals surface area contributed by atoms with Crippen molar-refractivity contribution in [2.45, 2.75) is 58.2 Å². The van der Waals surface area contributed by atoms with Crippen LogP contribution in [0.25, 0.3) is 0 Å². The largest absolute Gasteiger partial charge is 0.361 e. The van der Waals surface area contributed by atoms with Crippen molar-refractivity contribution in [3.05, 3.63) is 52.9 Å². The standard InChI is InChI=1S/C21H27N3O2/c1-14-17(18(22-26-14)21(2,3)4)20(25)24-13-16-11-8-12-23(16)19(24)15-9-6-5-7-10-15/h5-7,9-10,16,19H,8,11-13H2,1-4H3. The van der Waals surface area contributed by atoms with Crippen molar-refractivity contribution >= 4 is 5.91 Å². The zero-order valence-electron chi connectivity index (χ0n) is 16.0. The topological polar surface area (TPSA) is 49.6 Å². The van der Waals surface area contributed by atoms with Crippen molar-refractivity contribution in [2.24, 2.45) is 0 Å². The lowest BCUT2D eigenvalue weighted by Gasteiger charge is -2.30. The van der Waals surface area contributed by atoms with Crippen LogP contribution in [0.1, 0.15) is 67.2 Å². The van der Waals surface area contributed by atoms with Gasteiger partial charge in [0.2, 0.25) is 0 Å². The molecule has 1 aromatic carbocycles. The molecule has 2 atom stereocenters. The van der Waals surface area contributed by atoms with Crippen LogP contribution in [0.3, 0.4) is 0 Å². The van der Waals surface area contributed by atoms with E-state index in [-0.39, 0.29) is 17.5 Å². The van der Waals surface area contributed by atoms with Gasteiger partial charge in [0.05, 0.1) is 0 Å². The Hall–Kier alpha value is -2.14. The summed E-state index contributed by atoms with van der Waals surface area (Å²) in [6, 6.07) is 10.8. The summed E-state index contributed by atoms with van der Waals surface area (Å²) in [5, 5.41) is 4.21. The number of amides is 1. The highest BCUT2D eigenvalue weighted by atomic mass is 16.5. The molecule has 5 heteroatoms. The molecule has 2 unspecified atom stereocenters. The molecule has 5 nitrogen and oxygen atoms in total. The molecule has 4 rings (SSSR count). The fraction of sp³-hybridized carbons (Fsp3) is 0.524. The number of fused-ring (bicyclic) bond motifs is 1. The van der Waals surface area contributed by atoms with E-state index in [2.05, 4.69) is 43.0 Å². The summed E-state index contributed by atoms with van der Waals surface area (Å²) < 4.78 is 5.43. The minimum atomic E-state index is -0.235. The lowest BCUT2D eigenvalue weighted by Crippen LogP contribution is -2.36. The lowest BCUT2D eigenvalue weighted by molar-refractivity contribution is 0.0635. The van der Waals surface area contributed by atoms with E-state index in [0.717, 1.165) is 25.2 Å². The molecule has 0 bridgehead atoms. The molecule has 2 saturated heterocycles. The molecule has 1 aromatic heterocycles. The molecular formula is C21H27N3O2. The van der Waals surface area contributed by atoms with Crippen LogP contribution in [0, 0.1) is 6.92 Å². The Labute approximate surface area is 155 Å². The van der Waals surface area contributed by atoms with Crippen LogP contribution >= 0.6 is 0 Å². The Morgan fingerprint density at radius 1 is 1.23 bits per heavy atom. The quantitative estimate of drug-likeness (QED) is 0.822. The van der Waals surface area contributed by atoms with Crippen LogP contribution in [-0.2, 0) is 5.41 Å². The average Bonchev–Trinajstić information content (AvgIpc) is 3.27. The molecular weight excluding hydrogens is 326 g/mol. The summed E-state index contributed by atoms with van der Waals surface area (Å²) in [4.78, 5) is 18.1. The molecule has 2 aliphatic heterocycles. The number of hydrogen-bond donors (Lipinski definition) is 0. The Kier molecular flexibility index (Phi) is 4.14. The molecule has 0 N–H and O–H groups in total.